The highest BCUT2D eigenvalue weighted by atomic mass is 16.5. The Morgan fingerprint density at radius 2 is 2.16 bits per heavy atom. The maximum absolute atomic E-state index is 11.8. The molecule has 0 saturated carbocycles. The fourth-order valence-electron chi connectivity index (χ4n) is 2.83. The number of aliphatic hydroxyl groups excluding tert-OH is 1. The van der Waals surface area contributed by atoms with Gasteiger partial charge < -0.3 is 15.2 Å². The number of aliphatic hydroxyl groups is 1. The van der Waals surface area contributed by atoms with Crippen molar-refractivity contribution in [1.29, 1.82) is 0 Å². The summed E-state index contributed by atoms with van der Waals surface area (Å²) in [5.41, 5.74) is 2.14. The average molecular weight is 261 g/mol. The number of amides is 1. The Balaban J connectivity index is 1.74. The highest BCUT2D eigenvalue weighted by molar-refractivity contribution is 5.81. The van der Waals surface area contributed by atoms with Gasteiger partial charge in [-0.25, -0.2) is 0 Å². The minimum Gasteiger partial charge on any atom is -0.481 e. The van der Waals surface area contributed by atoms with Gasteiger partial charge in [-0.05, 0) is 55.4 Å². The Kier molecular flexibility index (Phi) is 3.42. The Labute approximate surface area is 112 Å². The molecule has 1 heterocycles. The van der Waals surface area contributed by atoms with Crippen molar-refractivity contribution in [1.82, 2.24) is 5.32 Å². The first-order valence-corrected chi connectivity index (χ1v) is 6.99. The number of rotatable bonds is 2. The molecule has 4 nitrogen and oxygen atoms in total. The van der Waals surface area contributed by atoms with Crippen LogP contribution in [0.2, 0.25) is 0 Å². The minimum atomic E-state index is -0.383. The van der Waals surface area contributed by atoms with Crippen LogP contribution in [0.3, 0.4) is 0 Å². The average Bonchev–Trinajstić information content (AvgIpc) is 2.65. The van der Waals surface area contributed by atoms with Gasteiger partial charge in [-0.2, -0.15) is 0 Å². The molecule has 1 fully saturated rings. The maximum atomic E-state index is 11.8. The van der Waals surface area contributed by atoms with Gasteiger partial charge in [0.2, 0.25) is 0 Å². The molecule has 2 unspecified atom stereocenters. The van der Waals surface area contributed by atoms with Crippen LogP contribution in [-0.4, -0.2) is 23.7 Å². The molecule has 1 aliphatic heterocycles. The van der Waals surface area contributed by atoms with Crippen LogP contribution in [-0.2, 0) is 11.2 Å². The van der Waals surface area contributed by atoms with E-state index in [-0.39, 0.29) is 18.1 Å². The largest absolute Gasteiger partial charge is 0.481 e. The van der Waals surface area contributed by atoms with Gasteiger partial charge in [0.05, 0.1) is 6.10 Å². The third-order valence-electron chi connectivity index (χ3n) is 3.92. The van der Waals surface area contributed by atoms with Crippen LogP contribution in [0.5, 0.6) is 5.75 Å². The van der Waals surface area contributed by atoms with Gasteiger partial charge in [0, 0.05) is 6.54 Å². The fraction of sp³-hybridized carbons (Fsp3) is 0.533. The van der Waals surface area contributed by atoms with Crippen molar-refractivity contribution in [2.24, 2.45) is 0 Å². The predicted octanol–water partition coefficient (Wildman–Crippen LogP) is 1.71. The summed E-state index contributed by atoms with van der Waals surface area (Å²) in [6.45, 7) is 0.745. The third-order valence-corrected chi connectivity index (χ3v) is 3.92. The zero-order valence-corrected chi connectivity index (χ0v) is 10.9. The summed E-state index contributed by atoms with van der Waals surface area (Å²) in [7, 11) is 0. The summed E-state index contributed by atoms with van der Waals surface area (Å²) >= 11 is 0. The van der Waals surface area contributed by atoms with Crippen LogP contribution < -0.4 is 10.1 Å². The molecule has 1 saturated heterocycles. The SMILES string of the molecule is O=C1NCCCCC1Oc1ccc2c(c1)CCC2O. The summed E-state index contributed by atoms with van der Waals surface area (Å²) in [5, 5.41) is 12.6. The number of ether oxygens (including phenoxy) is 1. The molecule has 4 heteroatoms. The molecule has 19 heavy (non-hydrogen) atoms. The summed E-state index contributed by atoms with van der Waals surface area (Å²) < 4.78 is 5.81. The highest BCUT2D eigenvalue weighted by Crippen LogP contribution is 2.33. The van der Waals surface area contributed by atoms with Gasteiger partial charge in [0.15, 0.2) is 6.10 Å². The Bertz CT molecular complexity index is 486. The van der Waals surface area contributed by atoms with E-state index >= 15 is 0 Å². The minimum absolute atomic E-state index is 0.0157. The van der Waals surface area contributed by atoms with E-state index < -0.39 is 0 Å². The predicted molar refractivity (Wildman–Crippen MR) is 71.0 cm³/mol. The van der Waals surface area contributed by atoms with E-state index in [2.05, 4.69) is 5.32 Å². The number of carbonyl (C=O) groups is 1. The number of hydrogen-bond acceptors (Lipinski definition) is 3. The van der Waals surface area contributed by atoms with Gasteiger partial charge in [-0.3, -0.25) is 4.79 Å². The van der Waals surface area contributed by atoms with Crippen LogP contribution >= 0.6 is 0 Å². The summed E-state index contributed by atoms with van der Waals surface area (Å²) in [4.78, 5) is 11.8. The monoisotopic (exact) mass is 261 g/mol. The van der Waals surface area contributed by atoms with Gasteiger partial charge >= 0.3 is 0 Å². The molecule has 1 aromatic carbocycles. The molecule has 102 valence electrons. The lowest BCUT2D eigenvalue weighted by atomic mass is 10.1. The normalized spacial score (nSPS) is 26.5. The summed E-state index contributed by atoms with van der Waals surface area (Å²) in [5.74, 6) is 0.716. The Morgan fingerprint density at radius 3 is 3.05 bits per heavy atom. The van der Waals surface area contributed by atoms with Crippen LogP contribution in [0.4, 0.5) is 0 Å². The lowest BCUT2D eigenvalue weighted by Gasteiger charge is -2.16. The fourth-order valence-corrected chi connectivity index (χ4v) is 2.83. The molecular weight excluding hydrogens is 242 g/mol. The molecule has 0 radical (unpaired) electrons. The van der Waals surface area contributed by atoms with E-state index in [1.54, 1.807) is 0 Å². The molecule has 1 amide bonds. The van der Waals surface area contributed by atoms with Crippen LogP contribution in [0, 0.1) is 0 Å². The van der Waals surface area contributed by atoms with E-state index in [4.69, 9.17) is 4.74 Å². The Hall–Kier alpha value is -1.55. The molecule has 1 aliphatic carbocycles. The Morgan fingerprint density at radius 1 is 1.26 bits per heavy atom. The van der Waals surface area contributed by atoms with Crippen LogP contribution in [0.25, 0.3) is 0 Å². The molecule has 0 spiro atoms. The highest BCUT2D eigenvalue weighted by Gasteiger charge is 2.24. The number of hydrogen-bond donors (Lipinski definition) is 2. The first kappa shape index (κ1) is 12.5. The van der Waals surface area contributed by atoms with Gasteiger partial charge in [0.1, 0.15) is 5.75 Å². The quantitative estimate of drug-likeness (QED) is 0.852. The van der Waals surface area contributed by atoms with Crippen molar-refractivity contribution >= 4 is 5.91 Å². The lowest BCUT2D eigenvalue weighted by Crippen LogP contribution is -2.36. The van der Waals surface area contributed by atoms with E-state index in [0.717, 1.165) is 55.5 Å². The first-order chi connectivity index (χ1) is 9.24. The zero-order chi connectivity index (χ0) is 13.2. The van der Waals surface area contributed by atoms with E-state index in [9.17, 15) is 9.90 Å². The smallest absolute Gasteiger partial charge is 0.261 e. The van der Waals surface area contributed by atoms with Crippen molar-refractivity contribution in [2.75, 3.05) is 6.54 Å². The number of benzene rings is 1. The van der Waals surface area contributed by atoms with Gasteiger partial charge in [-0.15, -0.1) is 0 Å². The molecule has 0 bridgehead atoms. The van der Waals surface area contributed by atoms with Crippen molar-refractivity contribution in [2.45, 2.75) is 44.3 Å². The number of carbonyl (C=O) groups excluding carboxylic acids is 1. The van der Waals surface area contributed by atoms with Crippen molar-refractivity contribution in [3.05, 3.63) is 29.3 Å². The molecule has 2 aliphatic rings. The topological polar surface area (TPSA) is 58.6 Å². The molecule has 2 N–H and O–H groups in total. The second-order valence-corrected chi connectivity index (χ2v) is 5.31. The van der Waals surface area contributed by atoms with Crippen LogP contribution in [0.1, 0.15) is 42.9 Å². The van der Waals surface area contributed by atoms with E-state index in [1.165, 1.54) is 0 Å². The van der Waals surface area contributed by atoms with Gasteiger partial charge in [0.25, 0.3) is 5.91 Å². The van der Waals surface area contributed by atoms with Crippen molar-refractivity contribution in [3.8, 4) is 5.75 Å². The molecule has 0 aromatic heterocycles. The second-order valence-electron chi connectivity index (χ2n) is 5.31. The van der Waals surface area contributed by atoms with Crippen molar-refractivity contribution < 1.29 is 14.6 Å². The van der Waals surface area contributed by atoms with Crippen molar-refractivity contribution in [3.63, 3.8) is 0 Å². The maximum Gasteiger partial charge on any atom is 0.261 e. The molecule has 2 atom stereocenters. The zero-order valence-electron chi connectivity index (χ0n) is 10.9. The first-order valence-electron chi connectivity index (χ1n) is 6.99. The van der Waals surface area contributed by atoms with E-state index in [1.807, 2.05) is 18.2 Å². The lowest BCUT2D eigenvalue weighted by molar-refractivity contribution is -0.127. The van der Waals surface area contributed by atoms with E-state index in [0.29, 0.717) is 0 Å². The molecule has 1 aromatic rings. The number of fused-ring (bicyclic) bond motifs is 1. The van der Waals surface area contributed by atoms with Crippen LogP contribution in [0.15, 0.2) is 18.2 Å². The molecule has 3 rings (SSSR count). The summed E-state index contributed by atoms with van der Waals surface area (Å²) in [6.07, 6.45) is 3.73. The second kappa shape index (κ2) is 5.21. The molecular formula is C15H19NO3. The standard InChI is InChI=1S/C15H19NO3/c17-13-7-4-10-9-11(5-6-12(10)13)19-14-3-1-2-8-16-15(14)18/h5-6,9,13-14,17H,1-4,7-8H2,(H,16,18). The third kappa shape index (κ3) is 2.59. The number of nitrogens with one attached hydrogen (secondary N) is 1. The summed E-state index contributed by atoms with van der Waals surface area (Å²) in [6, 6.07) is 5.73. The van der Waals surface area contributed by atoms with Gasteiger partial charge in [-0.1, -0.05) is 6.07 Å². The number of aryl methyl sites for hydroxylation is 1.